The fourth-order valence-corrected chi connectivity index (χ4v) is 4.17. The molecule has 2 N–H and O–H groups in total. The Morgan fingerprint density at radius 1 is 1.07 bits per heavy atom. The molecular formula is C19H18F4N2O3S. The fourth-order valence-electron chi connectivity index (χ4n) is 3.54. The molecule has 3 rings (SSSR count). The van der Waals surface area contributed by atoms with E-state index in [2.05, 4.69) is 0 Å². The molecule has 1 saturated heterocycles. The summed E-state index contributed by atoms with van der Waals surface area (Å²) >= 11 is 0. The molecule has 29 heavy (non-hydrogen) atoms. The topological polar surface area (TPSA) is 80.5 Å². The Morgan fingerprint density at radius 3 is 2.28 bits per heavy atom. The number of benzene rings is 2. The highest BCUT2D eigenvalue weighted by atomic mass is 32.2. The van der Waals surface area contributed by atoms with Crippen molar-refractivity contribution >= 4 is 15.9 Å². The minimum Gasteiger partial charge on any atom is -0.339 e. The molecule has 2 aromatic carbocycles. The molecule has 0 radical (unpaired) electrons. The summed E-state index contributed by atoms with van der Waals surface area (Å²) in [7, 11) is -4.34. The van der Waals surface area contributed by atoms with Crippen LogP contribution in [0.3, 0.4) is 0 Å². The van der Waals surface area contributed by atoms with Crippen LogP contribution in [0.5, 0.6) is 0 Å². The molecule has 1 fully saturated rings. The number of sulfonamides is 1. The molecule has 156 valence electrons. The van der Waals surface area contributed by atoms with Crippen molar-refractivity contribution in [3.05, 3.63) is 65.0 Å². The van der Waals surface area contributed by atoms with E-state index in [0.29, 0.717) is 12.8 Å². The fraction of sp³-hybridized carbons (Fsp3) is 0.316. The van der Waals surface area contributed by atoms with Gasteiger partial charge in [-0.25, -0.2) is 17.9 Å². The van der Waals surface area contributed by atoms with Crippen LogP contribution in [0.15, 0.2) is 47.4 Å². The summed E-state index contributed by atoms with van der Waals surface area (Å²) < 4.78 is 76.3. The molecule has 2 aromatic rings. The Kier molecular flexibility index (Phi) is 5.68. The first-order valence-electron chi connectivity index (χ1n) is 8.76. The van der Waals surface area contributed by atoms with Crippen molar-refractivity contribution in [1.82, 2.24) is 4.90 Å². The van der Waals surface area contributed by atoms with Gasteiger partial charge in [0, 0.05) is 18.7 Å². The van der Waals surface area contributed by atoms with Gasteiger partial charge in [0.05, 0.1) is 5.56 Å². The number of halogens is 4. The summed E-state index contributed by atoms with van der Waals surface area (Å²) in [6, 6.07) is 8.25. The zero-order chi connectivity index (χ0) is 21.4. The summed E-state index contributed by atoms with van der Waals surface area (Å²) in [5.74, 6) is -1.95. The molecule has 0 saturated carbocycles. The van der Waals surface area contributed by atoms with Crippen molar-refractivity contribution in [1.29, 1.82) is 0 Å². The molecule has 0 aliphatic carbocycles. The third-order valence-corrected chi connectivity index (χ3v) is 5.90. The number of amides is 1. The van der Waals surface area contributed by atoms with E-state index >= 15 is 0 Å². The smallest absolute Gasteiger partial charge is 0.339 e. The van der Waals surface area contributed by atoms with Gasteiger partial charge in [0.2, 0.25) is 10.0 Å². The second-order valence-corrected chi connectivity index (χ2v) is 8.37. The van der Waals surface area contributed by atoms with Crippen molar-refractivity contribution in [3.8, 4) is 0 Å². The highest BCUT2D eigenvalue weighted by Gasteiger charge is 2.36. The third kappa shape index (κ3) is 4.59. The number of primary sulfonamides is 1. The number of hydrogen-bond donors (Lipinski definition) is 1. The lowest BCUT2D eigenvalue weighted by Crippen LogP contribution is -2.38. The van der Waals surface area contributed by atoms with E-state index in [1.54, 1.807) is 6.07 Å². The Hall–Kier alpha value is -2.46. The Morgan fingerprint density at radius 2 is 1.69 bits per heavy atom. The van der Waals surface area contributed by atoms with Gasteiger partial charge in [-0.3, -0.25) is 4.79 Å². The van der Waals surface area contributed by atoms with Gasteiger partial charge in [-0.15, -0.1) is 0 Å². The van der Waals surface area contributed by atoms with Crippen molar-refractivity contribution < 1.29 is 30.8 Å². The van der Waals surface area contributed by atoms with Crippen LogP contribution in [0.25, 0.3) is 0 Å². The van der Waals surface area contributed by atoms with Gasteiger partial charge >= 0.3 is 6.18 Å². The van der Waals surface area contributed by atoms with Crippen LogP contribution < -0.4 is 5.14 Å². The average Bonchev–Trinajstić information content (AvgIpc) is 2.66. The standard InChI is InChI=1S/C19H18F4N2O3S/c20-16-6-5-13(11-17(16)29(24,27)28)18(26)25-9-7-12(8-10-25)14-3-1-2-4-15(14)19(21,22)23/h1-6,11-12H,7-10H2,(H2,24,27,28). The first-order chi connectivity index (χ1) is 13.5. The number of likely N-dealkylation sites (tertiary alicyclic amines) is 1. The van der Waals surface area contributed by atoms with Gasteiger partial charge in [0.15, 0.2) is 0 Å². The third-order valence-electron chi connectivity index (χ3n) is 4.97. The predicted molar refractivity (Wildman–Crippen MR) is 97.1 cm³/mol. The van der Waals surface area contributed by atoms with E-state index in [0.717, 1.165) is 24.3 Å². The van der Waals surface area contributed by atoms with Crippen LogP contribution in [0.2, 0.25) is 0 Å². The second kappa shape index (κ2) is 7.75. The minimum atomic E-state index is -4.46. The number of nitrogens with two attached hydrogens (primary N) is 1. The number of nitrogens with zero attached hydrogens (tertiary/aromatic N) is 1. The van der Waals surface area contributed by atoms with Crippen molar-refractivity contribution in [2.45, 2.75) is 29.8 Å². The van der Waals surface area contributed by atoms with E-state index in [-0.39, 0.29) is 30.1 Å². The number of carbonyl (C=O) groups excluding carboxylic acids is 1. The normalized spacial score (nSPS) is 16.1. The molecule has 1 amide bonds. The minimum absolute atomic E-state index is 0.0513. The summed E-state index contributed by atoms with van der Waals surface area (Å²) in [5, 5.41) is 4.95. The zero-order valence-corrected chi connectivity index (χ0v) is 15.9. The van der Waals surface area contributed by atoms with Gasteiger partial charge in [0.25, 0.3) is 5.91 Å². The summed E-state index contributed by atoms with van der Waals surface area (Å²) in [5.41, 5.74) is -0.531. The predicted octanol–water partition coefficient (Wildman–Crippen LogP) is 3.51. The first kappa shape index (κ1) is 21.3. The van der Waals surface area contributed by atoms with Gasteiger partial charge in [-0.2, -0.15) is 13.2 Å². The molecule has 1 aliphatic rings. The molecule has 1 heterocycles. The van der Waals surface area contributed by atoms with Gasteiger partial charge < -0.3 is 4.90 Å². The van der Waals surface area contributed by atoms with Crippen LogP contribution in [-0.2, 0) is 16.2 Å². The van der Waals surface area contributed by atoms with Crippen LogP contribution in [0.1, 0.15) is 40.2 Å². The van der Waals surface area contributed by atoms with Gasteiger partial charge in [-0.1, -0.05) is 18.2 Å². The molecule has 0 atom stereocenters. The zero-order valence-electron chi connectivity index (χ0n) is 15.1. The maximum absolute atomic E-state index is 13.7. The lowest BCUT2D eigenvalue weighted by Gasteiger charge is -2.33. The summed E-state index contributed by atoms with van der Waals surface area (Å²) in [6.45, 7) is 0.384. The van der Waals surface area contributed by atoms with E-state index in [4.69, 9.17) is 5.14 Å². The maximum Gasteiger partial charge on any atom is 0.416 e. The van der Waals surface area contributed by atoms with Crippen LogP contribution in [-0.4, -0.2) is 32.3 Å². The lowest BCUT2D eigenvalue weighted by molar-refractivity contribution is -0.138. The molecule has 10 heteroatoms. The van der Waals surface area contributed by atoms with E-state index < -0.39 is 38.4 Å². The second-order valence-electron chi connectivity index (χ2n) is 6.84. The van der Waals surface area contributed by atoms with Gasteiger partial charge in [-0.05, 0) is 48.6 Å². The van der Waals surface area contributed by atoms with Crippen LogP contribution >= 0.6 is 0 Å². The van der Waals surface area contributed by atoms with Crippen LogP contribution in [0.4, 0.5) is 17.6 Å². The monoisotopic (exact) mass is 430 g/mol. The Bertz CT molecular complexity index is 1030. The first-order valence-corrected chi connectivity index (χ1v) is 10.3. The number of hydrogen-bond acceptors (Lipinski definition) is 3. The Balaban J connectivity index is 1.76. The largest absolute Gasteiger partial charge is 0.416 e. The molecule has 0 unspecified atom stereocenters. The molecule has 1 aliphatic heterocycles. The van der Waals surface area contributed by atoms with Gasteiger partial charge in [0.1, 0.15) is 10.7 Å². The molecule has 5 nitrogen and oxygen atoms in total. The highest BCUT2D eigenvalue weighted by molar-refractivity contribution is 7.89. The van der Waals surface area contributed by atoms with Crippen molar-refractivity contribution in [2.24, 2.45) is 5.14 Å². The maximum atomic E-state index is 13.7. The average molecular weight is 430 g/mol. The molecular weight excluding hydrogens is 412 g/mol. The van der Waals surface area contributed by atoms with E-state index in [1.807, 2.05) is 0 Å². The summed E-state index contributed by atoms with van der Waals surface area (Å²) in [6.07, 6.45) is -3.81. The van der Waals surface area contributed by atoms with Crippen molar-refractivity contribution in [2.75, 3.05) is 13.1 Å². The lowest BCUT2D eigenvalue weighted by atomic mass is 9.86. The molecule has 0 aromatic heterocycles. The molecule has 0 spiro atoms. The SMILES string of the molecule is NS(=O)(=O)c1cc(C(=O)N2CCC(c3ccccc3C(F)(F)F)CC2)ccc1F. The number of carbonyl (C=O) groups is 1. The van der Waals surface area contributed by atoms with E-state index in [9.17, 15) is 30.8 Å². The number of piperidine rings is 1. The Labute approximate surface area is 165 Å². The number of alkyl halides is 3. The summed E-state index contributed by atoms with van der Waals surface area (Å²) in [4.78, 5) is 13.3. The number of rotatable bonds is 3. The van der Waals surface area contributed by atoms with Crippen molar-refractivity contribution in [3.63, 3.8) is 0 Å². The molecule has 0 bridgehead atoms. The quantitative estimate of drug-likeness (QED) is 0.757. The van der Waals surface area contributed by atoms with Crippen LogP contribution in [0, 0.1) is 5.82 Å². The highest BCUT2D eigenvalue weighted by Crippen LogP contribution is 2.38. The van der Waals surface area contributed by atoms with E-state index in [1.165, 1.54) is 17.0 Å².